The van der Waals surface area contributed by atoms with Gasteiger partial charge in [0.2, 0.25) is 0 Å². The van der Waals surface area contributed by atoms with Crippen LogP contribution < -0.4 is 34.7 Å². The molecule has 0 saturated carbocycles. The second kappa shape index (κ2) is 39.5. The van der Waals surface area contributed by atoms with Crippen LogP contribution in [0.1, 0.15) is 41.5 Å². The average molecular weight is 845 g/mol. The Kier molecular flexibility index (Phi) is 56.4. The zero-order valence-electron chi connectivity index (χ0n) is 25.9. The molecule has 3 aromatic rings. The van der Waals surface area contributed by atoms with E-state index >= 15 is 0 Å². The Hall–Kier alpha value is -0.550. The third kappa shape index (κ3) is 61.3. The maximum absolute atomic E-state index is 10.6. The monoisotopic (exact) mass is 842 g/mol. The maximum Gasteiger partial charge on any atom is 1.00 e. The molecule has 3 rings (SSSR count). The summed E-state index contributed by atoms with van der Waals surface area (Å²) in [7, 11) is -7.33. The summed E-state index contributed by atoms with van der Waals surface area (Å²) in [5.41, 5.74) is 0. The number of halogens is 3. The number of aromatic hydroxyl groups is 2. The van der Waals surface area contributed by atoms with Crippen molar-refractivity contribution in [3.05, 3.63) is 86.2 Å². The van der Waals surface area contributed by atoms with Crippen LogP contribution in [0.15, 0.2) is 86.2 Å². The first kappa shape index (κ1) is 61.5. The number of phenols is 2. The van der Waals surface area contributed by atoms with Crippen LogP contribution >= 0.6 is 47.8 Å². The van der Waals surface area contributed by atoms with Gasteiger partial charge < -0.3 is 15.3 Å². The minimum atomic E-state index is -3.67. The molecule has 4 N–H and O–H groups in total. The van der Waals surface area contributed by atoms with Crippen molar-refractivity contribution in [2.75, 3.05) is 12.5 Å². The molecule has 238 valence electrons. The SMILES string of the molecule is CC.CC.CC.CS(=O)(=O)O.CS(=O)(=O)O.Oc1ccccc1Br.Oc1ccccc1Br.[B].[B].[Na+].[O-]c1ccccc1Br. The molecule has 17 heteroatoms. The topological polar surface area (TPSA) is 172 Å². The normalized spacial score (nSPS) is 8.21. The van der Waals surface area contributed by atoms with Gasteiger partial charge in [-0.3, -0.25) is 9.11 Å². The number of para-hydroxylation sites is 3. The van der Waals surface area contributed by atoms with Crippen LogP contribution in [-0.4, -0.2) is 65.5 Å². The van der Waals surface area contributed by atoms with Gasteiger partial charge in [-0.1, -0.05) is 106 Å². The van der Waals surface area contributed by atoms with E-state index in [0.717, 1.165) is 8.95 Å². The Morgan fingerprint density at radius 1 is 0.535 bits per heavy atom. The first-order valence-electron chi connectivity index (χ1n) is 11.5. The maximum atomic E-state index is 10.6. The van der Waals surface area contributed by atoms with Gasteiger partial charge in [0, 0.05) is 21.3 Å². The van der Waals surface area contributed by atoms with Gasteiger partial charge in [0.25, 0.3) is 20.2 Å². The van der Waals surface area contributed by atoms with Crippen LogP contribution in [0, 0.1) is 0 Å². The smallest absolute Gasteiger partial charge is 0.872 e. The van der Waals surface area contributed by atoms with E-state index in [4.69, 9.17) is 19.3 Å². The van der Waals surface area contributed by atoms with Crippen LogP contribution in [-0.2, 0) is 20.2 Å². The van der Waals surface area contributed by atoms with E-state index in [2.05, 4.69) is 47.8 Å². The first-order valence-corrected chi connectivity index (χ1v) is 17.6. The van der Waals surface area contributed by atoms with E-state index in [-0.39, 0.29) is 63.6 Å². The molecular formula is C26H40B2Br3NaO9S2. The van der Waals surface area contributed by atoms with Gasteiger partial charge in [-0.25, -0.2) is 0 Å². The molecule has 0 aliphatic rings. The number of hydrogen-bond acceptors (Lipinski definition) is 7. The molecular weight excluding hydrogens is 805 g/mol. The van der Waals surface area contributed by atoms with Crippen molar-refractivity contribution < 1.29 is 70.8 Å². The van der Waals surface area contributed by atoms with Crippen LogP contribution in [0.3, 0.4) is 0 Å². The molecule has 9 nitrogen and oxygen atoms in total. The Balaban J connectivity index is -0.0000000565. The Bertz CT molecular complexity index is 1010. The van der Waals surface area contributed by atoms with Gasteiger partial charge >= 0.3 is 29.6 Å². The van der Waals surface area contributed by atoms with Crippen LogP contribution in [0.2, 0.25) is 0 Å². The van der Waals surface area contributed by atoms with Crippen LogP contribution in [0.4, 0.5) is 0 Å². The molecule has 0 amide bonds. The minimum absolute atomic E-state index is 0. The zero-order chi connectivity index (χ0) is 32.9. The third-order valence-corrected chi connectivity index (χ3v) is 4.54. The minimum Gasteiger partial charge on any atom is -0.872 e. The van der Waals surface area contributed by atoms with Gasteiger partial charge in [-0.2, -0.15) is 16.8 Å². The Labute approximate surface area is 310 Å². The largest absolute Gasteiger partial charge is 1.00 e. The number of benzene rings is 3. The van der Waals surface area contributed by atoms with Gasteiger partial charge in [0.15, 0.2) is 0 Å². The van der Waals surface area contributed by atoms with Crippen molar-refractivity contribution >= 4 is 84.9 Å². The Morgan fingerprint density at radius 3 is 0.837 bits per heavy atom. The summed E-state index contributed by atoms with van der Waals surface area (Å²) in [6, 6.07) is 20.9. The van der Waals surface area contributed by atoms with E-state index in [0.29, 0.717) is 17.0 Å². The molecule has 0 aliphatic carbocycles. The molecule has 0 spiro atoms. The van der Waals surface area contributed by atoms with Gasteiger partial charge in [-0.15, -0.1) is 0 Å². The van der Waals surface area contributed by atoms with Crippen LogP contribution in [0.25, 0.3) is 0 Å². The van der Waals surface area contributed by atoms with E-state index < -0.39 is 20.2 Å². The molecule has 0 heterocycles. The fourth-order valence-corrected chi connectivity index (χ4v) is 2.20. The number of rotatable bonds is 0. The summed E-state index contributed by atoms with van der Waals surface area (Å²) in [6.07, 6.45) is 1.43. The molecule has 3 aromatic carbocycles. The third-order valence-electron chi connectivity index (χ3n) is 2.54. The van der Waals surface area contributed by atoms with Crippen molar-refractivity contribution in [1.82, 2.24) is 0 Å². The first-order chi connectivity index (χ1) is 18.4. The second-order valence-corrected chi connectivity index (χ2v) is 11.3. The van der Waals surface area contributed by atoms with Crippen molar-refractivity contribution in [2.45, 2.75) is 41.5 Å². The van der Waals surface area contributed by atoms with E-state index in [9.17, 15) is 21.9 Å². The summed E-state index contributed by atoms with van der Waals surface area (Å²) in [4.78, 5) is 0. The van der Waals surface area contributed by atoms with E-state index in [1.165, 1.54) is 6.07 Å². The van der Waals surface area contributed by atoms with Gasteiger partial charge in [0.05, 0.1) is 21.5 Å². The molecule has 0 atom stereocenters. The second-order valence-electron chi connectivity index (χ2n) is 5.80. The molecule has 0 aromatic heterocycles. The van der Waals surface area contributed by atoms with Gasteiger partial charge in [0.1, 0.15) is 11.5 Å². The zero-order valence-corrected chi connectivity index (χ0v) is 34.3. The fraction of sp³-hybridized carbons (Fsp3) is 0.308. The summed E-state index contributed by atoms with van der Waals surface area (Å²) in [5.74, 6) is 0.604. The molecule has 0 fully saturated rings. The van der Waals surface area contributed by atoms with Crippen molar-refractivity contribution in [3.8, 4) is 17.2 Å². The van der Waals surface area contributed by atoms with Crippen molar-refractivity contribution in [1.29, 1.82) is 0 Å². The van der Waals surface area contributed by atoms with Crippen molar-refractivity contribution in [2.24, 2.45) is 0 Å². The molecule has 0 bridgehead atoms. The number of hydrogen-bond donors (Lipinski definition) is 4. The predicted molar refractivity (Wildman–Crippen MR) is 186 cm³/mol. The van der Waals surface area contributed by atoms with Gasteiger partial charge in [-0.05, 0) is 62.2 Å². The summed E-state index contributed by atoms with van der Waals surface area (Å²) >= 11 is 9.37. The predicted octanol–water partition coefficient (Wildman–Crippen LogP) is 4.16. The molecule has 0 unspecified atom stereocenters. The average Bonchev–Trinajstić information content (AvgIpc) is 2.87. The standard InChI is InChI=1S/3C6H5BrO.3C2H6.2CH4O3S.2B.Na/c3*7-5-3-1-2-4-6(5)8;3*1-2;2*1-5(2,3)4;;;/h3*1-4,8H;3*1-2H3;2*1H3,(H,2,3,4);;;/q;;;;;;;;;;+1/p-1. The summed E-state index contributed by atoms with van der Waals surface area (Å²) in [6.45, 7) is 12.0. The molecule has 43 heavy (non-hydrogen) atoms. The summed E-state index contributed by atoms with van der Waals surface area (Å²) in [5, 5.41) is 28.3. The fourth-order valence-electron chi connectivity index (χ4n) is 1.35. The molecule has 0 aliphatic heterocycles. The Morgan fingerprint density at radius 2 is 0.721 bits per heavy atom. The molecule has 0 saturated heterocycles. The number of phenolic OH excluding ortho intramolecular Hbond substituents is 2. The molecule has 6 radical (unpaired) electrons. The quantitative estimate of drug-likeness (QED) is 0.192. The van der Waals surface area contributed by atoms with E-state index in [1.807, 2.05) is 59.7 Å². The van der Waals surface area contributed by atoms with E-state index in [1.54, 1.807) is 48.5 Å². The summed E-state index contributed by atoms with van der Waals surface area (Å²) < 4.78 is 53.8. The van der Waals surface area contributed by atoms with Crippen molar-refractivity contribution in [3.63, 3.8) is 0 Å². The van der Waals surface area contributed by atoms with Crippen LogP contribution in [0.5, 0.6) is 17.2 Å².